The molecule has 0 spiro atoms. The molecule has 1 amide bonds. The van der Waals surface area contributed by atoms with Crippen molar-refractivity contribution < 1.29 is 13.9 Å². The van der Waals surface area contributed by atoms with Crippen molar-refractivity contribution in [1.82, 2.24) is 9.80 Å². The molecule has 0 N–H and O–H groups in total. The minimum atomic E-state index is 0.0773. The minimum absolute atomic E-state index is 0.0773. The molecule has 4 rings (SSSR count). The summed E-state index contributed by atoms with van der Waals surface area (Å²) >= 11 is 6.05. The molecule has 1 saturated heterocycles. The molecule has 3 aromatic rings. The lowest BCUT2D eigenvalue weighted by Crippen LogP contribution is -2.48. The molecule has 0 unspecified atom stereocenters. The predicted octanol–water partition coefficient (Wildman–Crippen LogP) is 4.78. The van der Waals surface area contributed by atoms with Gasteiger partial charge < -0.3 is 14.1 Å². The third-order valence-electron chi connectivity index (χ3n) is 5.35. The van der Waals surface area contributed by atoms with Crippen LogP contribution in [-0.2, 0) is 13.2 Å². The fourth-order valence-corrected chi connectivity index (χ4v) is 3.65. The van der Waals surface area contributed by atoms with E-state index in [1.807, 2.05) is 66.4 Å². The average molecular weight is 425 g/mol. The van der Waals surface area contributed by atoms with Crippen molar-refractivity contribution in [1.29, 1.82) is 0 Å². The van der Waals surface area contributed by atoms with E-state index in [0.717, 1.165) is 60.4 Å². The monoisotopic (exact) mass is 424 g/mol. The smallest absolute Gasteiger partial charge is 0.253 e. The molecule has 0 bridgehead atoms. The summed E-state index contributed by atoms with van der Waals surface area (Å²) in [6.07, 6.45) is 1.69. The van der Waals surface area contributed by atoms with E-state index in [-0.39, 0.29) is 5.91 Å². The molecular weight excluding hydrogens is 400 g/mol. The Kier molecular flexibility index (Phi) is 6.41. The number of piperazine rings is 1. The summed E-state index contributed by atoms with van der Waals surface area (Å²) in [5, 5.41) is 0.729. The first-order chi connectivity index (χ1) is 14.6. The second-order valence-electron chi connectivity index (χ2n) is 7.54. The standard InChI is InChI=1S/C24H25ClN2O3/c1-18-15-21(8-9-23(18)25)30-17-19-4-6-20(7-5-19)24(28)27-12-10-26(11-13-27)16-22-3-2-14-29-22/h2-9,14-15H,10-13,16-17H2,1H3. The van der Waals surface area contributed by atoms with Gasteiger partial charge in [0.15, 0.2) is 0 Å². The zero-order chi connectivity index (χ0) is 20.9. The van der Waals surface area contributed by atoms with E-state index in [2.05, 4.69) is 4.90 Å². The number of amides is 1. The second kappa shape index (κ2) is 9.37. The number of nitrogens with zero attached hydrogens (tertiary/aromatic N) is 2. The van der Waals surface area contributed by atoms with Gasteiger partial charge in [-0.2, -0.15) is 0 Å². The summed E-state index contributed by atoms with van der Waals surface area (Å²) in [5.74, 6) is 1.82. The zero-order valence-electron chi connectivity index (χ0n) is 17.0. The molecule has 1 aliphatic rings. The van der Waals surface area contributed by atoms with Gasteiger partial charge in [0.25, 0.3) is 5.91 Å². The summed E-state index contributed by atoms with van der Waals surface area (Å²) < 4.78 is 11.2. The van der Waals surface area contributed by atoms with Gasteiger partial charge in [-0.05, 0) is 60.5 Å². The van der Waals surface area contributed by atoms with E-state index in [1.54, 1.807) is 6.26 Å². The van der Waals surface area contributed by atoms with Gasteiger partial charge in [-0.15, -0.1) is 0 Å². The number of hydrogen-bond acceptors (Lipinski definition) is 4. The van der Waals surface area contributed by atoms with Crippen LogP contribution in [-0.4, -0.2) is 41.9 Å². The lowest BCUT2D eigenvalue weighted by Gasteiger charge is -2.34. The lowest BCUT2D eigenvalue weighted by molar-refractivity contribution is 0.0620. The van der Waals surface area contributed by atoms with E-state index in [0.29, 0.717) is 12.2 Å². The highest BCUT2D eigenvalue weighted by Gasteiger charge is 2.22. The van der Waals surface area contributed by atoms with Crippen molar-refractivity contribution in [3.05, 3.63) is 88.3 Å². The normalized spacial score (nSPS) is 14.7. The Morgan fingerprint density at radius 1 is 1.07 bits per heavy atom. The fraction of sp³-hybridized carbons (Fsp3) is 0.292. The number of rotatable bonds is 6. The maximum atomic E-state index is 12.8. The number of hydrogen-bond donors (Lipinski definition) is 0. The van der Waals surface area contributed by atoms with Gasteiger partial charge in [0.1, 0.15) is 18.1 Å². The number of ether oxygens (including phenoxy) is 1. The maximum Gasteiger partial charge on any atom is 0.253 e. The molecule has 5 nitrogen and oxygen atoms in total. The Morgan fingerprint density at radius 2 is 1.83 bits per heavy atom. The third-order valence-corrected chi connectivity index (χ3v) is 5.78. The zero-order valence-corrected chi connectivity index (χ0v) is 17.8. The number of benzene rings is 2. The van der Waals surface area contributed by atoms with Crippen LogP contribution in [0.3, 0.4) is 0 Å². The summed E-state index contributed by atoms with van der Waals surface area (Å²) in [6.45, 7) is 6.32. The van der Waals surface area contributed by atoms with Crippen LogP contribution in [0.1, 0.15) is 27.2 Å². The highest BCUT2D eigenvalue weighted by molar-refractivity contribution is 6.31. The third kappa shape index (κ3) is 5.04. The van der Waals surface area contributed by atoms with Gasteiger partial charge in [0.05, 0.1) is 12.8 Å². The molecule has 1 aliphatic heterocycles. The second-order valence-corrected chi connectivity index (χ2v) is 7.95. The van der Waals surface area contributed by atoms with Crippen molar-refractivity contribution in [2.24, 2.45) is 0 Å². The average Bonchev–Trinajstić information content (AvgIpc) is 3.28. The van der Waals surface area contributed by atoms with Crippen LogP contribution in [0.5, 0.6) is 5.75 Å². The summed E-state index contributed by atoms with van der Waals surface area (Å²) in [5.41, 5.74) is 2.71. The van der Waals surface area contributed by atoms with Crippen LogP contribution >= 0.6 is 11.6 Å². The Labute approximate surface area is 181 Å². The molecule has 2 aromatic carbocycles. The Balaban J connectivity index is 1.28. The van der Waals surface area contributed by atoms with Gasteiger partial charge in [-0.3, -0.25) is 9.69 Å². The van der Waals surface area contributed by atoms with Crippen molar-refractivity contribution in [2.45, 2.75) is 20.1 Å². The first-order valence-corrected chi connectivity index (χ1v) is 10.5. The first-order valence-electron chi connectivity index (χ1n) is 10.1. The molecule has 30 heavy (non-hydrogen) atoms. The number of carbonyl (C=O) groups is 1. The van der Waals surface area contributed by atoms with E-state index in [1.165, 1.54) is 0 Å². The van der Waals surface area contributed by atoms with Crippen LogP contribution in [0.2, 0.25) is 5.02 Å². The topological polar surface area (TPSA) is 45.9 Å². The van der Waals surface area contributed by atoms with Crippen molar-refractivity contribution in [3.8, 4) is 5.75 Å². The number of aryl methyl sites for hydroxylation is 1. The highest BCUT2D eigenvalue weighted by atomic mass is 35.5. The van der Waals surface area contributed by atoms with Crippen molar-refractivity contribution >= 4 is 17.5 Å². The van der Waals surface area contributed by atoms with Crippen LogP contribution < -0.4 is 4.74 Å². The van der Waals surface area contributed by atoms with Gasteiger partial charge in [0, 0.05) is 36.8 Å². The Hall–Kier alpha value is -2.76. The molecule has 0 saturated carbocycles. The quantitative estimate of drug-likeness (QED) is 0.571. The molecule has 0 atom stereocenters. The predicted molar refractivity (Wildman–Crippen MR) is 117 cm³/mol. The summed E-state index contributed by atoms with van der Waals surface area (Å²) in [4.78, 5) is 17.1. The molecule has 156 valence electrons. The minimum Gasteiger partial charge on any atom is -0.489 e. The van der Waals surface area contributed by atoms with Gasteiger partial charge in [0.2, 0.25) is 0 Å². The van der Waals surface area contributed by atoms with Crippen LogP contribution in [0.4, 0.5) is 0 Å². The number of furan rings is 1. The highest BCUT2D eigenvalue weighted by Crippen LogP contribution is 2.22. The van der Waals surface area contributed by atoms with E-state index in [4.69, 9.17) is 20.8 Å². The SMILES string of the molecule is Cc1cc(OCc2ccc(C(=O)N3CCN(Cc4ccco4)CC3)cc2)ccc1Cl. The molecule has 0 aliphatic carbocycles. The van der Waals surface area contributed by atoms with Crippen LogP contribution in [0, 0.1) is 6.92 Å². The molecule has 1 fully saturated rings. The fourth-order valence-electron chi connectivity index (χ4n) is 3.53. The van der Waals surface area contributed by atoms with E-state index < -0.39 is 0 Å². The molecule has 0 radical (unpaired) electrons. The van der Waals surface area contributed by atoms with Gasteiger partial charge in [-0.25, -0.2) is 0 Å². The first kappa shape index (κ1) is 20.5. The number of carbonyl (C=O) groups excluding carboxylic acids is 1. The summed E-state index contributed by atoms with van der Waals surface area (Å²) in [7, 11) is 0. The molecule has 1 aromatic heterocycles. The molecule has 6 heteroatoms. The Bertz CT molecular complexity index is 978. The van der Waals surface area contributed by atoms with E-state index in [9.17, 15) is 4.79 Å². The van der Waals surface area contributed by atoms with Crippen molar-refractivity contribution in [3.63, 3.8) is 0 Å². The van der Waals surface area contributed by atoms with Crippen molar-refractivity contribution in [2.75, 3.05) is 26.2 Å². The Morgan fingerprint density at radius 3 is 2.50 bits per heavy atom. The molecule has 2 heterocycles. The van der Waals surface area contributed by atoms with Crippen LogP contribution in [0.25, 0.3) is 0 Å². The number of halogens is 1. The van der Waals surface area contributed by atoms with Gasteiger partial charge >= 0.3 is 0 Å². The molecular formula is C24H25ClN2O3. The maximum absolute atomic E-state index is 12.8. The largest absolute Gasteiger partial charge is 0.489 e. The van der Waals surface area contributed by atoms with E-state index >= 15 is 0 Å². The van der Waals surface area contributed by atoms with Gasteiger partial charge in [-0.1, -0.05) is 23.7 Å². The summed E-state index contributed by atoms with van der Waals surface area (Å²) in [6, 6.07) is 17.2. The lowest BCUT2D eigenvalue weighted by atomic mass is 10.1. The van der Waals surface area contributed by atoms with Crippen LogP contribution in [0.15, 0.2) is 65.3 Å².